The van der Waals surface area contributed by atoms with E-state index in [0.717, 1.165) is 17.0 Å². The predicted molar refractivity (Wildman–Crippen MR) is 84.5 cm³/mol. The lowest BCUT2D eigenvalue weighted by molar-refractivity contribution is 0.354. The molecule has 22 heavy (non-hydrogen) atoms. The summed E-state index contributed by atoms with van der Waals surface area (Å²) in [5, 5.41) is 12.6. The highest BCUT2D eigenvalue weighted by atomic mass is 16.5. The fraction of sp³-hybridized carbons (Fsp3) is 0.235. The molecule has 0 spiro atoms. The molecule has 0 saturated heterocycles. The van der Waals surface area contributed by atoms with Crippen molar-refractivity contribution in [2.45, 2.75) is 6.04 Å². The van der Waals surface area contributed by atoms with Crippen molar-refractivity contribution >= 4 is 5.69 Å². The van der Waals surface area contributed by atoms with Crippen molar-refractivity contribution in [1.29, 1.82) is 5.26 Å². The topological polar surface area (TPSA) is 63.5 Å². The molecule has 0 aliphatic carbocycles. The molecule has 0 aliphatic rings. The van der Waals surface area contributed by atoms with E-state index in [4.69, 9.17) is 14.2 Å². The Bertz CT molecular complexity index is 663. The molecule has 5 heteroatoms. The molecule has 0 bridgehead atoms. The zero-order chi connectivity index (χ0) is 15.9. The number of nitrogens with zero attached hydrogens (tertiary/aromatic N) is 1. The summed E-state index contributed by atoms with van der Waals surface area (Å²) in [6.07, 6.45) is 0. The van der Waals surface area contributed by atoms with Gasteiger partial charge in [-0.3, -0.25) is 0 Å². The summed E-state index contributed by atoms with van der Waals surface area (Å²) in [6.45, 7) is 0. The van der Waals surface area contributed by atoms with Gasteiger partial charge < -0.3 is 19.5 Å². The van der Waals surface area contributed by atoms with E-state index < -0.39 is 6.04 Å². The van der Waals surface area contributed by atoms with Gasteiger partial charge in [0.15, 0.2) is 11.5 Å². The van der Waals surface area contributed by atoms with Crippen molar-refractivity contribution in [2.24, 2.45) is 0 Å². The second-order valence-electron chi connectivity index (χ2n) is 4.55. The number of anilines is 1. The molecule has 0 aromatic heterocycles. The largest absolute Gasteiger partial charge is 0.497 e. The van der Waals surface area contributed by atoms with Crippen molar-refractivity contribution < 1.29 is 14.2 Å². The van der Waals surface area contributed by atoms with Gasteiger partial charge in [0.2, 0.25) is 0 Å². The lowest BCUT2D eigenvalue weighted by atomic mass is 10.1. The molecule has 0 radical (unpaired) electrons. The van der Waals surface area contributed by atoms with Gasteiger partial charge in [0, 0.05) is 5.69 Å². The third kappa shape index (κ3) is 3.41. The minimum atomic E-state index is -0.492. The van der Waals surface area contributed by atoms with Gasteiger partial charge in [-0.05, 0) is 42.0 Å². The standard InChI is InChI=1S/C17H18N2O3/c1-20-14-7-5-13(6-8-14)19-15(11-18)12-4-9-16(21-2)17(10-12)22-3/h4-10,15,19H,1-3H3. The van der Waals surface area contributed by atoms with E-state index in [9.17, 15) is 5.26 Å². The fourth-order valence-corrected chi connectivity index (χ4v) is 2.08. The molecular weight excluding hydrogens is 280 g/mol. The molecule has 0 aliphatic heterocycles. The maximum Gasteiger partial charge on any atom is 0.161 e. The van der Waals surface area contributed by atoms with Crippen LogP contribution < -0.4 is 19.5 Å². The summed E-state index contributed by atoms with van der Waals surface area (Å²) in [4.78, 5) is 0. The van der Waals surface area contributed by atoms with Crippen molar-refractivity contribution in [1.82, 2.24) is 0 Å². The Balaban J connectivity index is 2.22. The second kappa shape index (κ2) is 7.23. The first-order chi connectivity index (χ1) is 10.7. The van der Waals surface area contributed by atoms with E-state index in [0.29, 0.717) is 11.5 Å². The van der Waals surface area contributed by atoms with E-state index in [1.54, 1.807) is 33.5 Å². The summed E-state index contributed by atoms with van der Waals surface area (Å²) in [5.74, 6) is 1.99. The SMILES string of the molecule is COc1ccc(NC(C#N)c2ccc(OC)c(OC)c2)cc1. The highest BCUT2D eigenvalue weighted by molar-refractivity contribution is 5.52. The van der Waals surface area contributed by atoms with Crippen molar-refractivity contribution in [3.8, 4) is 23.3 Å². The summed E-state index contributed by atoms with van der Waals surface area (Å²) in [7, 11) is 4.76. The van der Waals surface area contributed by atoms with Crippen LogP contribution in [0.3, 0.4) is 0 Å². The van der Waals surface area contributed by atoms with E-state index in [-0.39, 0.29) is 0 Å². The molecule has 1 atom stereocenters. The van der Waals surface area contributed by atoms with Crippen LogP contribution in [0.5, 0.6) is 17.2 Å². The quantitative estimate of drug-likeness (QED) is 0.885. The van der Waals surface area contributed by atoms with E-state index >= 15 is 0 Å². The lowest BCUT2D eigenvalue weighted by Crippen LogP contribution is -2.08. The van der Waals surface area contributed by atoms with Crippen LogP contribution in [-0.2, 0) is 0 Å². The molecule has 0 amide bonds. The number of hydrogen-bond donors (Lipinski definition) is 1. The number of methoxy groups -OCH3 is 3. The molecule has 1 unspecified atom stereocenters. The molecule has 0 saturated carbocycles. The van der Waals surface area contributed by atoms with Crippen LogP contribution in [0.25, 0.3) is 0 Å². The highest BCUT2D eigenvalue weighted by Crippen LogP contribution is 2.31. The second-order valence-corrected chi connectivity index (χ2v) is 4.55. The Kier molecular flexibility index (Phi) is 5.10. The van der Waals surface area contributed by atoms with Crippen LogP contribution in [0.2, 0.25) is 0 Å². The van der Waals surface area contributed by atoms with Crippen molar-refractivity contribution in [3.63, 3.8) is 0 Å². The Morgan fingerprint density at radius 2 is 1.59 bits per heavy atom. The smallest absolute Gasteiger partial charge is 0.161 e. The van der Waals surface area contributed by atoms with Crippen LogP contribution in [0.4, 0.5) is 5.69 Å². The number of rotatable bonds is 6. The number of nitriles is 1. The fourth-order valence-electron chi connectivity index (χ4n) is 2.08. The molecule has 5 nitrogen and oxygen atoms in total. The number of benzene rings is 2. The maximum atomic E-state index is 9.42. The third-order valence-corrected chi connectivity index (χ3v) is 3.27. The van der Waals surface area contributed by atoms with E-state index in [1.807, 2.05) is 30.3 Å². The molecule has 2 aromatic carbocycles. The predicted octanol–water partition coefficient (Wildman–Crippen LogP) is 3.39. The van der Waals surface area contributed by atoms with E-state index in [2.05, 4.69) is 11.4 Å². The van der Waals surface area contributed by atoms with Gasteiger partial charge in [-0.15, -0.1) is 0 Å². The Morgan fingerprint density at radius 1 is 0.909 bits per heavy atom. The lowest BCUT2D eigenvalue weighted by Gasteiger charge is -2.16. The van der Waals surface area contributed by atoms with Crippen LogP contribution in [0, 0.1) is 11.3 Å². The summed E-state index contributed by atoms with van der Waals surface area (Å²) >= 11 is 0. The highest BCUT2D eigenvalue weighted by Gasteiger charge is 2.13. The molecule has 114 valence electrons. The van der Waals surface area contributed by atoms with Crippen LogP contribution >= 0.6 is 0 Å². The number of hydrogen-bond acceptors (Lipinski definition) is 5. The van der Waals surface area contributed by atoms with Gasteiger partial charge >= 0.3 is 0 Å². The van der Waals surface area contributed by atoms with Crippen molar-refractivity contribution in [2.75, 3.05) is 26.6 Å². The monoisotopic (exact) mass is 298 g/mol. The first kappa shape index (κ1) is 15.5. The van der Waals surface area contributed by atoms with Gasteiger partial charge in [-0.2, -0.15) is 5.26 Å². The van der Waals surface area contributed by atoms with Gasteiger partial charge in [0.25, 0.3) is 0 Å². The summed E-state index contributed by atoms with van der Waals surface area (Å²) < 4.78 is 15.6. The first-order valence-electron chi connectivity index (χ1n) is 6.74. The molecule has 0 fully saturated rings. The molecule has 2 rings (SSSR count). The van der Waals surface area contributed by atoms with Crippen LogP contribution in [0.1, 0.15) is 11.6 Å². The van der Waals surface area contributed by atoms with E-state index in [1.165, 1.54) is 0 Å². The number of nitrogens with one attached hydrogen (secondary N) is 1. The zero-order valence-corrected chi connectivity index (χ0v) is 12.8. The number of ether oxygens (including phenoxy) is 3. The maximum absolute atomic E-state index is 9.42. The van der Waals surface area contributed by atoms with Crippen LogP contribution in [0.15, 0.2) is 42.5 Å². The van der Waals surface area contributed by atoms with Gasteiger partial charge in [-0.1, -0.05) is 6.07 Å². The Hall–Kier alpha value is -2.87. The van der Waals surface area contributed by atoms with Gasteiger partial charge in [-0.25, -0.2) is 0 Å². The summed E-state index contributed by atoms with van der Waals surface area (Å²) in [5.41, 5.74) is 1.64. The average molecular weight is 298 g/mol. The molecule has 0 heterocycles. The third-order valence-electron chi connectivity index (χ3n) is 3.27. The Morgan fingerprint density at radius 3 is 2.14 bits per heavy atom. The molecule has 1 N–H and O–H groups in total. The molecular formula is C17H18N2O3. The Labute approximate surface area is 130 Å². The normalized spacial score (nSPS) is 11.2. The first-order valence-corrected chi connectivity index (χ1v) is 6.74. The van der Waals surface area contributed by atoms with Gasteiger partial charge in [0.05, 0.1) is 27.4 Å². The van der Waals surface area contributed by atoms with Gasteiger partial charge in [0.1, 0.15) is 11.8 Å². The van der Waals surface area contributed by atoms with Crippen LogP contribution in [-0.4, -0.2) is 21.3 Å². The average Bonchev–Trinajstić information content (AvgIpc) is 2.59. The molecule has 2 aromatic rings. The minimum Gasteiger partial charge on any atom is -0.497 e. The summed E-state index contributed by atoms with van der Waals surface area (Å²) in [6, 6.07) is 14.6. The minimum absolute atomic E-state index is 0.492. The van der Waals surface area contributed by atoms with Crippen molar-refractivity contribution in [3.05, 3.63) is 48.0 Å². The zero-order valence-electron chi connectivity index (χ0n) is 12.8.